The van der Waals surface area contributed by atoms with Crippen molar-refractivity contribution in [3.8, 4) is 5.75 Å². The van der Waals surface area contributed by atoms with Gasteiger partial charge in [0.2, 0.25) is 0 Å². The van der Waals surface area contributed by atoms with E-state index >= 15 is 0 Å². The van der Waals surface area contributed by atoms with Gasteiger partial charge in [0, 0.05) is 11.4 Å². The van der Waals surface area contributed by atoms with Crippen molar-refractivity contribution in [2.75, 3.05) is 23.2 Å². The molecule has 152 valence electrons. The first-order valence-corrected chi connectivity index (χ1v) is 10.7. The number of hydrazine groups is 1. The SMILES string of the molecule is COc1ccccc1NN1N=CSC1c1ccc(NC(=S)Nc2ccccc2)cc1. The summed E-state index contributed by atoms with van der Waals surface area (Å²) < 4.78 is 5.42. The Morgan fingerprint density at radius 3 is 2.33 bits per heavy atom. The Labute approximate surface area is 185 Å². The number of thioether (sulfide) groups is 1. The molecule has 0 spiro atoms. The molecule has 4 rings (SSSR count). The molecule has 1 atom stereocenters. The maximum absolute atomic E-state index is 5.42. The highest BCUT2D eigenvalue weighted by atomic mass is 32.2. The summed E-state index contributed by atoms with van der Waals surface area (Å²) in [5.41, 5.74) is 9.00. The molecule has 8 heteroatoms. The van der Waals surface area contributed by atoms with E-state index < -0.39 is 0 Å². The van der Waals surface area contributed by atoms with Crippen molar-refractivity contribution in [1.82, 2.24) is 5.12 Å². The number of methoxy groups -OCH3 is 1. The zero-order valence-electron chi connectivity index (χ0n) is 16.3. The average molecular weight is 436 g/mol. The van der Waals surface area contributed by atoms with E-state index in [1.54, 1.807) is 18.9 Å². The predicted molar refractivity (Wildman–Crippen MR) is 130 cm³/mol. The van der Waals surface area contributed by atoms with Crippen molar-refractivity contribution in [2.45, 2.75) is 5.37 Å². The van der Waals surface area contributed by atoms with E-state index in [-0.39, 0.29) is 5.37 Å². The molecule has 3 aromatic carbocycles. The molecule has 0 fully saturated rings. The quantitative estimate of drug-likeness (QED) is 0.441. The number of ether oxygens (including phenoxy) is 1. The first-order valence-electron chi connectivity index (χ1n) is 9.33. The van der Waals surface area contributed by atoms with Crippen LogP contribution in [0.5, 0.6) is 5.75 Å². The van der Waals surface area contributed by atoms with Gasteiger partial charge in [0.25, 0.3) is 0 Å². The number of anilines is 3. The minimum Gasteiger partial charge on any atom is -0.495 e. The first-order chi connectivity index (χ1) is 14.7. The third-order valence-corrected chi connectivity index (χ3v) is 5.56. The average Bonchev–Trinajstić information content (AvgIpc) is 3.23. The molecular formula is C22H21N5OS2. The van der Waals surface area contributed by atoms with E-state index in [9.17, 15) is 0 Å². The lowest BCUT2D eigenvalue weighted by Crippen LogP contribution is -2.25. The van der Waals surface area contributed by atoms with Crippen molar-refractivity contribution in [1.29, 1.82) is 0 Å². The topological polar surface area (TPSA) is 60.9 Å². The van der Waals surface area contributed by atoms with Crippen LogP contribution < -0.4 is 20.8 Å². The predicted octanol–water partition coefficient (Wildman–Crippen LogP) is 5.52. The number of hydrogen-bond acceptors (Lipinski definition) is 6. The van der Waals surface area contributed by atoms with Crippen LogP contribution in [-0.2, 0) is 0 Å². The maximum atomic E-state index is 5.42. The lowest BCUT2D eigenvalue weighted by molar-refractivity contribution is 0.337. The van der Waals surface area contributed by atoms with Crippen LogP contribution in [0.1, 0.15) is 10.9 Å². The van der Waals surface area contributed by atoms with E-state index in [2.05, 4.69) is 33.3 Å². The van der Waals surface area contributed by atoms with Crippen LogP contribution in [0.3, 0.4) is 0 Å². The smallest absolute Gasteiger partial charge is 0.175 e. The number of nitrogens with zero attached hydrogens (tertiary/aromatic N) is 2. The number of benzene rings is 3. The van der Waals surface area contributed by atoms with Gasteiger partial charge >= 0.3 is 0 Å². The molecule has 1 aliphatic heterocycles. The molecule has 1 heterocycles. The highest BCUT2D eigenvalue weighted by Crippen LogP contribution is 2.37. The molecule has 0 radical (unpaired) electrons. The minimum atomic E-state index is 0.0124. The normalized spacial score (nSPS) is 15.0. The second-order valence-electron chi connectivity index (χ2n) is 6.43. The largest absolute Gasteiger partial charge is 0.495 e. The summed E-state index contributed by atoms with van der Waals surface area (Å²) in [5, 5.41) is 13.2. The monoisotopic (exact) mass is 435 g/mol. The molecular weight excluding hydrogens is 414 g/mol. The van der Waals surface area contributed by atoms with Crippen LogP contribution in [0, 0.1) is 0 Å². The minimum absolute atomic E-state index is 0.0124. The van der Waals surface area contributed by atoms with E-state index in [0.29, 0.717) is 5.11 Å². The van der Waals surface area contributed by atoms with Crippen molar-refractivity contribution >= 4 is 51.7 Å². The lowest BCUT2D eigenvalue weighted by Gasteiger charge is -2.25. The molecule has 0 saturated heterocycles. The van der Waals surface area contributed by atoms with Crippen LogP contribution in [0.15, 0.2) is 84.0 Å². The van der Waals surface area contributed by atoms with Crippen molar-refractivity contribution in [3.63, 3.8) is 0 Å². The van der Waals surface area contributed by atoms with Crippen LogP contribution in [0.25, 0.3) is 0 Å². The van der Waals surface area contributed by atoms with Crippen LogP contribution in [0.4, 0.5) is 17.1 Å². The van der Waals surface area contributed by atoms with Gasteiger partial charge in [-0.05, 0) is 54.2 Å². The second-order valence-corrected chi connectivity index (χ2v) is 7.77. The van der Waals surface area contributed by atoms with Gasteiger partial charge in [-0.3, -0.25) is 5.43 Å². The molecule has 0 saturated carbocycles. The molecule has 0 amide bonds. The van der Waals surface area contributed by atoms with E-state index in [0.717, 1.165) is 28.4 Å². The van der Waals surface area contributed by atoms with Gasteiger partial charge < -0.3 is 15.4 Å². The number of nitrogens with one attached hydrogen (secondary N) is 3. The Hall–Kier alpha value is -3.23. The summed E-state index contributed by atoms with van der Waals surface area (Å²) in [7, 11) is 1.66. The summed E-state index contributed by atoms with van der Waals surface area (Å²) in [6.45, 7) is 0. The van der Waals surface area contributed by atoms with Crippen LogP contribution >= 0.6 is 24.0 Å². The molecule has 1 unspecified atom stereocenters. The number of hydrazone groups is 1. The molecule has 0 bridgehead atoms. The van der Waals surface area contributed by atoms with Gasteiger partial charge in [-0.2, -0.15) is 10.2 Å². The third-order valence-electron chi connectivity index (χ3n) is 4.41. The summed E-state index contributed by atoms with van der Waals surface area (Å²) >= 11 is 7.03. The molecule has 6 nitrogen and oxygen atoms in total. The fourth-order valence-electron chi connectivity index (χ4n) is 2.97. The van der Waals surface area contributed by atoms with Crippen molar-refractivity contribution in [3.05, 3.63) is 84.4 Å². The van der Waals surface area contributed by atoms with Gasteiger partial charge in [0.1, 0.15) is 11.1 Å². The second kappa shape index (κ2) is 9.51. The van der Waals surface area contributed by atoms with E-state index in [1.165, 1.54) is 0 Å². The summed E-state index contributed by atoms with van der Waals surface area (Å²) in [5.74, 6) is 0.766. The molecule has 30 heavy (non-hydrogen) atoms. The molecule has 0 aliphatic carbocycles. The van der Waals surface area contributed by atoms with Crippen LogP contribution in [-0.4, -0.2) is 22.9 Å². The van der Waals surface area contributed by atoms with Gasteiger partial charge in [0.05, 0.1) is 18.3 Å². The highest BCUT2D eigenvalue weighted by molar-refractivity contribution is 8.12. The standard InChI is InChI=1S/C22H21N5OS2/c1-28-20-10-6-5-9-19(20)26-27-21(30-15-23-27)16-11-13-18(14-12-16)25-22(29)24-17-7-3-2-4-8-17/h2-15,21,26H,1H3,(H2,24,25,29). The summed E-state index contributed by atoms with van der Waals surface area (Å²) in [4.78, 5) is 0. The number of hydrogen-bond donors (Lipinski definition) is 3. The van der Waals surface area contributed by atoms with Gasteiger partial charge in [0.15, 0.2) is 5.11 Å². The van der Waals surface area contributed by atoms with Crippen molar-refractivity contribution < 1.29 is 4.74 Å². The zero-order chi connectivity index (χ0) is 20.8. The Balaban J connectivity index is 1.40. The summed E-state index contributed by atoms with van der Waals surface area (Å²) in [6, 6.07) is 25.8. The Morgan fingerprint density at radius 2 is 1.60 bits per heavy atom. The fourth-order valence-corrected chi connectivity index (χ4v) is 4.01. The van der Waals surface area contributed by atoms with E-state index in [1.807, 2.05) is 77.4 Å². The number of para-hydroxylation sites is 3. The fraction of sp³-hybridized carbons (Fsp3) is 0.0909. The number of thiocarbonyl (C=S) groups is 1. The van der Waals surface area contributed by atoms with Crippen LogP contribution in [0.2, 0.25) is 0 Å². The molecule has 0 aromatic heterocycles. The Kier molecular flexibility index (Phi) is 6.36. The molecule has 3 N–H and O–H groups in total. The van der Waals surface area contributed by atoms with Gasteiger partial charge in [-0.1, -0.05) is 54.2 Å². The van der Waals surface area contributed by atoms with Gasteiger partial charge in [-0.15, -0.1) is 0 Å². The Morgan fingerprint density at radius 1 is 0.933 bits per heavy atom. The molecule has 3 aromatic rings. The zero-order valence-corrected chi connectivity index (χ0v) is 17.9. The third kappa shape index (κ3) is 4.84. The Bertz CT molecular complexity index is 1030. The number of rotatable bonds is 6. The molecule has 1 aliphatic rings. The van der Waals surface area contributed by atoms with Crippen molar-refractivity contribution in [2.24, 2.45) is 5.10 Å². The van der Waals surface area contributed by atoms with E-state index in [4.69, 9.17) is 17.0 Å². The summed E-state index contributed by atoms with van der Waals surface area (Å²) in [6.07, 6.45) is 0. The first kappa shape index (κ1) is 20.1. The van der Waals surface area contributed by atoms with Gasteiger partial charge in [-0.25, -0.2) is 0 Å². The lowest BCUT2D eigenvalue weighted by atomic mass is 10.2. The maximum Gasteiger partial charge on any atom is 0.175 e. The highest BCUT2D eigenvalue weighted by Gasteiger charge is 2.24.